The van der Waals surface area contributed by atoms with E-state index in [1.807, 2.05) is 86.0 Å². The maximum absolute atomic E-state index is 13.7. The zero-order valence-corrected chi connectivity index (χ0v) is 20.8. The van der Waals surface area contributed by atoms with Crippen molar-refractivity contribution in [1.82, 2.24) is 0 Å². The Morgan fingerprint density at radius 3 is 2.38 bits per heavy atom. The van der Waals surface area contributed by atoms with E-state index in [0.717, 1.165) is 16.0 Å². The molecule has 5 nitrogen and oxygen atoms in total. The molecular weight excluding hydrogens is 463 g/mol. The quantitative estimate of drug-likeness (QED) is 0.211. The van der Waals surface area contributed by atoms with E-state index < -0.39 is 7.37 Å². The van der Waals surface area contributed by atoms with Crippen LogP contribution in [0.4, 0.5) is 11.4 Å². The van der Waals surface area contributed by atoms with Gasteiger partial charge >= 0.3 is 0 Å². The van der Waals surface area contributed by atoms with Gasteiger partial charge in [0.2, 0.25) is 7.37 Å². The molecule has 1 unspecified atom stereocenters. The van der Waals surface area contributed by atoms with Crippen LogP contribution in [-0.2, 0) is 15.3 Å². The highest BCUT2D eigenvalue weighted by Gasteiger charge is 2.27. The van der Waals surface area contributed by atoms with Gasteiger partial charge in [0.1, 0.15) is 0 Å². The Morgan fingerprint density at radius 1 is 1.00 bits per heavy atom. The van der Waals surface area contributed by atoms with Crippen LogP contribution >= 0.6 is 18.7 Å². The van der Waals surface area contributed by atoms with Crippen molar-refractivity contribution in [1.29, 1.82) is 0 Å². The Hall–Kier alpha value is -3.18. The number of amides is 1. The predicted molar refractivity (Wildman–Crippen MR) is 142 cm³/mol. The van der Waals surface area contributed by atoms with Crippen molar-refractivity contribution in [2.24, 2.45) is 0 Å². The van der Waals surface area contributed by atoms with E-state index in [0.29, 0.717) is 22.2 Å². The zero-order chi connectivity index (χ0) is 24.1. The van der Waals surface area contributed by atoms with Gasteiger partial charge in [0.25, 0.3) is 5.91 Å². The summed E-state index contributed by atoms with van der Waals surface area (Å²) in [7, 11) is -3.10. The lowest BCUT2D eigenvalue weighted by atomic mass is 10.1. The second kappa shape index (κ2) is 10.4. The smallest absolute Gasteiger partial charge is 0.255 e. The first-order valence-electron chi connectivity index (χ1n) is 11.0. The molecular formula is C27H27N2O3PS. The fourth-order valence-electron chi connectivity index (χ4n) is 3.64. The molecule has 0 aliphatic rings. The maximum Gasteiger partial charge on any atom is 0.255 e. The van der Waals surface area contributed by atoms with Crippen LogP contribution in [0.25, 0.3) is 10.4 Å². The summed E-state index contributed by atoms with van der Waals surface area (Å²) in [5.74, 6) is -0.258. The Labute approximate surface area is 204 Å². The van der Waals surface area contributed by atoms with Crippen LogP contribution in [0.5, 0.6) is 0 Å². The van der Waals surface area contributed by atoms with Gasteiger partial charge < -0.3 is 15.6 Å². The van der Waals surface area contributed by atoms with E-state index in [-0.39, 0.29) is 18.2 Å². The summed E-state index contributed by atoms with van der Waals surface area (Å²) in [6, 6.07) is 26.0. The number of nitrogens with two attached hydrogens (primary N) is 1. The van der Waals surface area contributed by atoms with Crippen molar-refractivity contribution in [3.63, 3.8) is 0 Å². The molecule has 1 amide bonds. The minimum absolute atomic E-state index is 0.175. The average molecular weight is 491 g/mol. The van der Waals surface area contributed by atoms with Crippen LogP contribution in [0.2, 0.25) is 0 Å². The number of anilines is 2. The number of carbonyl (C=O) groups is 1. The molecule has 0 fully saturated rings. The van der Waals surface area contributed by atoms with E-state index in [1.165, 1.54) is 0 Å². The largest absolute Gasteiger partial charge is 0.397 e. The number of nitrogen functional groups attached to an aromatic ring is 1. The van der Waals surface area contributed by atoms with Crippen molar-refractivity contribution in [3.05, 3.63) is 101 Å². The summed E-state index contributed by atoms with van der Waals surface area (Å²) in [5, 5.41) is 5.60. The van der Waals surface area contributed by atoms with E-state index in [1.54, 1.807) is 29.5 Å². The zero-order valence-electron chi connectivity index (χ0n) is 19.1. The Kier molecular flexibility index (Phi) is 7.32. The maximum atomic E-state index is 13.7. The SMILES string of the molecule is CC(C)OP(=O)(Cc1ccc(C(=O)Nc2cc(-c3cccs3)ccc2N)cc1)c1ccccc1. The number of carbonyl (C=O) groups excluding carboxylic acids is 1. The first-order chi connectivity index (χ1) is 16.3. The molecule has 34 heavy (non-hydrogen) atoms. The van der Waals surface area contributed by atoms with E-state index >= 15 is 0 Å². The number of nitrogens with one attached hydrogen (secondary N) is 1. The molecule has 4 aromatic rings. The fourth-order valence-corrected chi connectivity index (χ4v) is 6.74. The first kappa shape index (κ1) is 24.0. The molecule has 1 aromatic heterocycles. The first-order valence-corrected chi connectivity index (χ1v) is 13.7. The lowest BCUT2D eigenvalue weighted by Gasteiger charge is -2.21. The van der Waals surface area contributed by atoms with Gasteiger partial charge in [-0.05, 0) is 72.8 Å². The van der Waals surface area contributed by atoms with E-state index in [2.05, 4.69) is 5.32 Å². The molecule has 0 aliphatic heterocycles. The van der Waals surface area contributed by atoms with Gasteiger partial charge in [-0.15, -0.1) is 11.3 Å². The standard InChI is InChI=1S/C27H27N2O3PS/c1-19(2)32-33(31,23-7-4-3-5-8-23)18-20-10-12-21(13-11-20)27(30)29-25-17-22(14-15-24(25)28)26-9-6-16-34-26/h3-17,19H,18,28H2,1-2H3,(H,29,30). The van der Waals surface area contributed by atoms with Crippen LogP contribution < -0.4 is 16.4 Å². The molecule has 4 rings (SSSR count). The minimum atomic E-state index is -3.10. The Morgan fingerprint density at radius 2 is 1.74 bits per heavy atom. The highest BCUT2D eigenvalue weighted by Crippen LogP contribution is 2.50. The summed E-state index contributed by atoms with van der Waals surface area (Å²) in [5.41, 5.74) is 9.49. The molecule has 1 heterocycles. The monoisotopic (exact) mass is 490 g/mol. The molecule has 1 atom stereocenters. The van der Waals surface area contributed by atoms with Gasteiger partial charge in [-0.2, -0.15) is 0 Å². The highest BCUT2D eigenvalue weighted by molar-refractivity contribution is 7.66. The van der Waals surface area contributed by atoms with Gasteiger partial charge in [-0.25, -0.2) is 0 Å². The Bertz CT molecular complexity index is 1300. The third-order valence-corrected chi connectivity index (χ3v) is 8.79. The number of rotatable bonds is 8. The van der Waals surface area contributed by atoms with Crippen LogP contribution in [0.3, 0.4) is 0 Å². The van der Waals surface area contributed by atoms with Crippen molar-refractivity contribution in [2.45, 2.75) is 26.1 Å². The minimum Gasteiger partial charge on any atom is -0.397 e. The van der Waals surface area contributed by atoms with E-state index in [4.69, 9.17) is 10.3 Å². The third kappa shape index (κ3) is 5.65. The van der Waals surface area contributed by atoms with Crippen LogP contribution in [0.15, 0.2) is 90.3 Å². The van der Waals surface area contributed by atoms with Gasteiger partial charge in [-0.1, -0.05) is 42.5 Å². The van der Waals surface area contributed by atoms with Gasteiger partial charge in [0.05, 0.1) is 23.6 Å². The number of hydrogen-bond donors (Lipinski definition) is 2. The van der Waals surface area contributed by atoms with E-state index in [9.17, 15) is 9.36 Å². The van der Waals surface area contributed by atoms with Crippen molar-refractivity contribution >= 4 is 41.3 Å². The normalized spacial score (nSPS) is 12.9. The van der Waals surface area contributed by atoms with Crippen molar-refractivity contribution < 1.29 is 13.9 Å². The number of benzene rings is 3. The van der Waals surface area contributed by atoms with Crippen LogP contribution in [-0.4, -0.2) is 12.0 Å². The topological polar surface area (TPSA) is 81.4 Å². The molecule has 174 valence electrons. The summed E-state index contributed by atoms with van der Waals surface area (Å²) in [6.45, 7) is 3.75. The molecule has 7 heteroatoms. The highest BCUT2D eigenvalue weighted by atomic mass is 32.1. The van der Waals surface area contributed by atoms with Gasteiger partial charge in [0.15, 0.2) is 0 Å². The van der Waals surface area contributed by atoms with Crippen molar-refractivity contribution in [3.8, 4) is 10.4 Å². The van der Waals surface area contributed by atoms with Crippen LogP contribution in [0, 0.1) is 0 Å². The summed E-state index contributed by atoms with van der Waals surface area (Å²) in [6.07, 6.45) is 0.0823. The lowest BCUT2D eigenvalue weighted by Crippen LogP contribution is -2.14. The Balaban J connectivity index is 1.51. The number of hydrogen-bond acceptors (Lipinski definition) is 5. The molecule has 0 spiro atoms. The second-order valence-corrected chi connectivity index (χ2v) is 11.6. The fraction of sp³-hybridized carbons (Fsp3) is 0.148. The molecule has 3 N–H and O–H groups in total. The molecule has 0 radical (unpaired) electrons. The third-order valence-electron chi connectivity index (χ3n) is 5.24. The molecule has 3 aromatic carbocycles. The average Bonchev–Trinajstić information content (AvgIpc) is 3.36. The molecule has 0 bridgehead atoms. The summed E-state index contributed by atoms with van der Waals surface area (Å²) >= 11 is 1.63. The summed E-state index contributed by atoms with van der Waals surface area (Å²) in [4.78, 5) is 14.0. The van der Waals surface area contributed by atoms with Gasteiger partial charge in [0, 0.05) is 15.7 Å². The van der Waals surface area contributed by atoms with Crippen molar-refractivity contribution in [2.75, 3.05) is 11.1 Å². The van der Waals surface area contributed by atoms with Gasteiger partial charge in [-0.3, -0.25) is 9.36 Å². The molecule has 0 aliphatic carbocycles. The summed E-state index contributed by atoms with van der Waals surface area (Å²) < 4.78 is 19.6. The second-order valence-electron chi connectivity index (χ2n) is 8.25. The molecule has 0 saturated carbocycles. The number of thiophene rings is 1. The predicted octanol–water partition coefficient (Wildman–Crippen LogP) is 6.78. The molecule has 0 saturated heterocycles. The van der Waals surface area contributed by atoms with Crippen LogP contribution in [0.1, 0.15) is 29.8 Å². The lowest BCUT2D eigenvalue weighted by molar-refractivity contribution is 0.102.